The van der Waals surface area contributed by atoms with Gasteiger partial charge in [0.2, 0.25) is 0 Å². The second kappa shape index (κ2) is 3.81. The minimum absolute atomic E-state index is 0.344. The van der Waals surface area contributed by atoms with Crippen molar-refractivity contribution in [2.75, 3.05) is 7.05 Å². The van der Waals surface area contributed by atoms with Crippen molar-refractivity contribution in [2.24, 2.45) is 0 Å². The predicted octanol–water partition coefficient (Wildman–Crippen LogP) is 2.59. The van der Waals surface area contributed by atoms with E-state index in [-0.39, 0.29) is 0 Å². The molecule has 0 saturated heterocycles. The minimum atomic E-state index is -0.493. The van der Waals surface area contributed by atoms with Crippen molar-refractivity contribution in [1.29, 1.82) is 0 Å². The number of hydrazine groups is 1. The molecule has 0 amide bonds. The summed E-state index contributed by atoms with van der Waals surface area (Å²) in [5.41, 5.74) is 0.391. The van der Waals surface area contributed by atoms with Gasteiger partial charge in [0.25, 0.3) is 0 Å². The molecule has 15 heavy (non-hydrogen) atoms. The predicted molar refractivity (Wildman–Crippen MR) is 54.7 cm³/mol. The second-order valence-corrected chi connectivity index (χ2v) is 3.78. The van der Waals surface area contributed by atoms with Crippen LogP contribution in [-0.2, 0) is 0 Å². The molecule has 0 aromatic heterocycles. The lowest BCUT2D eigenvalue weighted by atomic mass is 10.1. The summed E-state index contributed by atoms with van der Waals surface area (Å²) in [5, 5.41) is 12.4. The molecule has 1 aromatic rings. The lowest BCUT2D eigenvalue weighted by molar-refractivity contribution is -0.223. The zero-order valence-corrected chi connectivity index (χ0v) is 8.82. The maximum absolute atomic E-state index is 13.5. The Kier molecular flexibility index (Phi) is 2.65. The van der Waals surface area contributed by atoms with E-state index in [2.05, 4.69) is 0 Å². The molecule has 2 rings (SSSR count). The molecule has 3 nitrogen and oxygen atoms in total. The van der Waals surface area contributed by atoms with E-state index < -0.39 is 11.9 Å². The van der Waals surface area contributed by atoms with Crippen LogP contribution in [0.2, 0.25) is 5.02 Å². The van der Waals surface area contributed by atoms with Crippen LogP contribution >= 0.6 is 11.6 Å². The summed E-state index contributed by atoms with van der Waals surface area (Å²) in [6.45, 7) is 0. The van der Waals surface area contributed by atoms with Crippen LogP contribution in [0, 0.1) is 5.82 Å². The molecule has 1 unspecified atom stereocenters. The fourth-order valence-electron chi connectivity index (χ4n) is 1.52. The number of benzene rings is 1. The van der Waals surface area contributed by atoms with Crippen molar-refractivity contribution in [3.8, 4) is 0 Å². The van der Waals surface area contributed by atoms with Crippen molar-refractivity contribution in [3.05, 3.63) is 46.9 Å². The number of hydrogen-bond donors (Lipinski definition) is 1. The molecule has 1 aromatic carbocycles. The van der Waals surface area contributed by atoms with Crippen LogP contribution in [-0.4, -0.2) is 22.4 Å². The summed E-state index contributed by atoms with van der Waals surface area (Å²) < 4.78 is 13.5. The first-order chi connectivity index (χ1) is 7.09. The summed E-state index contributed by atoms with van der Waals surface area (Å²) in [5.74, 6) is -0.425. The average Bonchev–Trinajstić information content (AvgIpc) is 2.49. The van der Waals surface area contributed by atoms with Gasteiger partial charge in [-0.1, -0.05) is 22.8 Å². The third-order valence-corrected chi connectivity index (χ3v) is 2.57. The quantitative estimate of drug-likeness (QED) is 0.801. The van der Waals surface area contributed by atoms with E-state index in [9.17, 15) is 9.60 Å². The van der Waals surface area contributed by atoms with Crippen LogP contribution in [0.1, 0.15) is 11.6 Å². The zero-order valence-electron chi connectivity index (χ0n) is 8.06. The van der Waals surface area contributed by atoms with Crippen molar-refractivity contribution in [2.45, 2.75) is 6.04 Å². The van der Waals surface area contributed by atoms with Gasteiger partial charge in [0.1, 0.15) is 11.9 Å². The Morgan fingerprint density at radius 2 is 2.20 bits per heavy atom. The molecule has 1 aliphatic rings. The van der Waals surface area contributed by atoms with Crippen molar-refractivity contribution in [3.63, 3.8) is 0 Å². The summed E-state index contributed by atoms with van der Waals surface area (Å²) in [6, 6.07) is 3.90. The first-order valence-electron chi connectivity index (χ1n) is 4.43. The molecular weight excluding hydrogens is 219 g/mol. The van der Waals surface area contributed by atoms with E-state index in [0.717, 1.165) is 5.17 Å². The standard InChI is InChI=1S/C10H10ClFN2O/c1-13-5-4-10(14(13)15)8-3-2-7(11)6-9(8)12/h2-6,10,15H,1H3. The molecule has 1 atom stereocenters. The molecule has 1 aliphatic heterocycles. The number of hydrogen-bond acceptors (Lipinski definition) is 3. The van der Waals surface area contributed by atoms with Gasteiger partial charge in [-0.25, -0.2) is 4.39 Å². The molecule has 1 N–H and O–H groups in total. The first kappa shape index (κ1) is 10.4. The van der Waals surface area contributed by atoms with E-state index in [1.165, 1.54) is 11.1 Å². The van der Waals surface area contributed by atoms with Gasteiger partial charge in [-0.05, 0) is 18.2 Å². The molecule has 0 saturated carbocycles. The smallest absolute Gasteiger partial charge is 0.129 e. The Morgan fingerprint density at radius 3 is 2.73 bits per heavy atom. The number of nitrogens with zero attached hydrogens (tertiary/aromatic N) is 2. The molecule has 0 spiro atoms. The topological polar surface area (TPSA) is 26.7 Å². The maximum atomic E-state index is 13.5. The highest BCUT2D eigenvalue weighted by Crippen LogP contribution is 2.29. The number of hydroxylamine groups is 1. The molecule has 5 heteroatoms. The molecule has 0 radical (unpaired) electrons. The molecule has 80 valence electrons. The third kappa shape index (κ3) is 1.84. The van der Waals surface area contributed by atoms with Crippen molar-refractivity contribution >= 4 is 11.6 Å². The van der Waals surface area contributed by atoms with Crippen LogP contribution in [0.25, 0.3) is 0 Å². The summed E-state index contributed by atoms with van der Waals surface area (Å²) in [7, 11) is 1.67. The highest BCUT2D eigenvalue weighted by atomic mass is 35.5. The van der Waals surface area contributed by atoms with Gasteiger partial charge >= 0.3 is 0 Å². The van der Waals surface area contributed by atoms with Gasteiger partial charge < -0.3 is 0 Å². The minimum Gasteiger partial charge on any atom is -0.294 e. The second-order valence-electron chi connectivity index (χ2n) is 3.35. The van der Waals surface area contributed by atoms with Gasteiger partial charge in [0.15, 0.2) is 0 Å². The van der Waals surface area contributed by atoms with E-state index in [0.29, 0.717) is 10.6 Å². The number of halogens is 2. The Hall–Kier alpha value is -1.10. The molecule has 0 bridgehead atoms. The Balaban J connectivity index is 2.35. The van der Waals surface area contributed by atoms with Gasteiger partial charge in [-0.15, -0.1) is 0 Å². The summed E-state index contributed by atoms with van der Waals surface area (Å²) in [6.07, 6.45) is 3.37. The molecular formula is C10H10ClFN2O. The monoisotopic (exact) mass is 228 g/mol. The third-order valence-electron chi connectivity index (χ3n) is 2.34. The van der Waals surface area contributed by atoms with Crippen LogP contribution in [0.4, 0.5) is 4.39 Å². The van der Waals surface area contributed by atoms with Gasteiger partial charge in [0, 0.05) is 23.8 Å². The molecule has 0 aliphatic carbocycles. The zero-order chi connectivity index (χ0) is 11.0. The normalized spacial score (nSPS) is 21.3. The highest BCUT2D eigenvalue weighted by Gasteiger charge is 2.26. The lowest BCUT2D eigenvalue weighted by Crippen LogP contribution is -2.31. The molecule has 1 heterocycles. The lowest BCUT2D eigenvalue weighted by Gasteiger charge is -2.24. The summed E-state index contributed by atoms with van der Waals surface area (Å²) >= 11 is 5.64. The van der Waals surface area contributed by atoms with Crippen molar-refractivity contribution < 1.29 is 9.60 Å². The first-order valence-corrected chi connectivity index (χ1v) is 4.81. The average molecular weight is 229 g/mol. The Labute approximate surface area is 91.9 Å². The number of rotatable bonds is 1. The van der Waals surface area contributed by atoms with E-state index in [1.807, 2.05) is 0 Å². The fourth-order valence-corrected chi connectivity index (χ4v) is 1.68. The van der Waals surface area contributed by atoms with Crippen LogP contribution < -0.4 is 0 Å². The van der Waals surface area contributed by atoms with Crippen LogP contribution in [0.3, 0.4) is 0 Å². The Bertz CT molecular complexity index is 410. The Morgan fingerprint density at radius 1 is 1.47 bits per heavy atom. The van der Waals surface area contributed by atoms with E-state index in [1.54, 1.807) is 31.5 Å². The van der Waals surface area contributed by atoms with E-state index in [4.69, 9.17) is 11.6 Å². The van der Waals surface area contributed by atoms with Gasteiger partial charge in [-0.3, -0.25) is 10.2 Å². The fraction of sp³-hybridized carbons (Fsp3) is 0.200. The van der Waals surface area contributed by atoms with Crippen LogP contribution in [0.15, 0.2) is 30.5 Å². The summed E-state index contributed by atoms with van der Waals surface area (Å²) in [4.78, 5) is 0. The maximum Gasteiger partial charge on any atom is 0.129 e. The largest absolute Gasteiger partial charge is 0.294 e. The van der Waals surface area contributed by atoms with Crippen LogP contribution in [0.5, 0.6) is 0 Å². The molecule has 0 fully saturated rings. The van der Waals surface area contributed by atoms with E-state index >= 15 is 0 Å². The highest BCUT2D eigenvalue weighted by molar-refractivity contribution is 6.30. The van der Waals surface area contributed by atoms with Gasteiger partial charge in [0.05, 0.1) is 0 Å². The van der Waals surface area contributed by atoms with Crippen molar-refractivity contribution in [1.82, 2.24) is 10.2 Å². The SMILES string of the molecule is CN1C=CC(c2ccc(Cl)cc2F)N1O. The van der Waals surface area contributed by atoms with Gasteiger partial charge in [-0.2, -0.15) is 0 Å².